The second kappa shape index (κ2) is 22.8. The maximum absolute atomic E-state index is 9.18. The molecule has 0 aromatic carbocycles. The molecule has 13 heavy (non-hydrogen) atoms. The predicted molar refractivity (Wildman–Crippen MR) is 49.2 cm³/mol. The summed E-state index contributed by atoms with van der Waals surface area (Å²) in [6.07, 6.45) is 0. The Hall–Kier alpha value is 0.234. The smallest absolute Gasteiger partial charge is 0.294 e. The van der Waals surface area contributed by atoms with Gasteiger partial charge < -0.3 is 17.5 Å². The monoisotopic (exact) mass is 386 g/mol. The van der Waals surface area contributed by atoms with Crippen molar-refractivity contribution in [2.45, 2.75) is 6.92 Å². The van der Waals surface area contributed by atoms with Gasteiger partial charge in [0.1, 0.15) is 0 Å². The average molecular weight is 386 g/mol. The molecule has 8 nitrogen and oxygen atoms in total. The molecular formula is C3H10IN2O6Y-. The van der Waals surface area contributed by atoms with E-state index in [1.165, 1.54) is 0 Å². The molecule has 1 N–H and O–H groups in total. The molecule has 0 amide bonds. The van der Waals surface area contributed by atoms with Crippen molar-refractivity contribution >= 4 is 24.0 Å². The molecule has 0 heterocycles. The maximum atomic E-state index is 9.18. The molecule has 1 radical (unpaired) electrons. The zero-order valence-corrected chi connectivity index (χ0v) is 12.2. The van der Waals surface area contributed by atoms with Crippen molar-refractivity contribution < 1.29 is 52.9 Å². The minimum atomic E-state index is -1.50. The van der Waals surface area contributed by atoms with E-state index in [-0.39, 0.29) is 70.7 Å². The predicted octanol–water partition coefficient (Wildman–Crippen LogP) is 0.933. The van der Waals surface area contributed by atoms with Crippen molar-refractivity contribution in [1.29, 1.82) is 0 Å². The number of halogens is 1. The molecule has 0 atom stereocenters. The van der Waals surface area contributed by atoms with E-state index in [0.29, 0.717) is 0 Å². The van der Waals surface area contributed by atoms with E-state index in [1.54, 1.807) is 6.92 Å². The molecule has 79 valence electrons. The summed E-state index contributed by atoms with van der Waals surface area (Å²) in [6, 6.07) is 0. The van der Waals surface area contributed by atoms with Gasteiger partial charge in [0.2, 0.25) is 0 Å². The number of nitrogens with zero attached hydrogens (tertiary/aromatic N) is 2. The van der Waals surface area contributed by atoms with Crippen LogP contribution in [0.4, 0.5) is 0 Å². The summed E-state index contributed by atoms with van der Waals surface area (Å²) in [5.41, 5.74) is 0. The molecule has 0 unspecified atom stereocenters. The van der Waals surface area contributed by atoms with Crippen LogP contribution in [0.3, 0.4) is 0 Å². The Morgan fingerprint density at radius 2 is 1.62 bits per heavy atom. The SMILES string of the molecule is CCO[N+](=O)[O-].I.O=[N+]([O-])O.[CH3-].[Y]. The number of rotatable bonds is 2. The Morgan fingerprint density at radius 3 is 1.62 bits per heavy atom. The summed E-state index contributed by atoms with van der Waals surface area (Å²) in [5, 5.41) is 22.0. The number of hydrogen-bond acceptors (Lipinski definition) is 5. The first-order valence-electron chi connectivity index (χ1n) is 2.11. The van der Waals surface area contributed by atoms with E-state index in [9.17, 15) is 10.1 Å². The van der Waals surface area contributed by atoms with Gasteiger partial charge in [0.25, 0.3) is 10.2 Å². The van der Waals surface area contributed by atoms with Crippen LogP contribution in [0.15, 0.2) is 0 Å². The van der Waals surface area contributed by atoms with Crippen molar-refractivity contribution in [3.05, 3.63) is 27.7 Å². The quantitative estimate of drug-likeness (QED) is 0.327. The van der Waals surface area contributed by atoms with E-state index in [4.69, 9.17) is 15.3 Å². The van der Waals surface area contributed by atoms with Crippen molar-refractivity contribution in [3.63, 3.8) is 0 Å². The molecule has 0 rings (SSSR count). The molecule has 0 spiro atoms. The Bertz CT molecular complexity index is 120. The third kappa shape index (κ3) is 123. The van der Waals surface area contributed by atoms with Gasteiger partial charge in [0, 0.05) is 32.7 Å². The van der Waals surface area contributed by atoms with Crippen LogP contribution in [0.1, 0.15) is 6.92 Å². The molecule has 0 saturated carbocycles. The fourth-order valence-corrected chi connectivity index (χ4v) is 0.105. The first-order valence-corrected chi connectivity index (χ1v) is 2.11. The normalized spacial score (nSPS) is 5.31. The van der Waals surface area contributed by atoms with Crippen LogP contribution in [-0.2, 0) is 37.5 Å². The fraction of sp³-hybridized carbons (Fsp3) is 0.667. The summed E-state index contributed by atoms with van der Waals surface area (Å²) in [5.74, 6) is 0. The topological polar surface area (TPSA) is 116 Å². The third-order valence-corrected chi connectivity index (χ3v) is 0.235. The molecule has 0 aliphatic heterocycles. The van der Waals surface area contributed by atoms with Gasteiger partial charge in [0.15, 0.2) is 0 Å². The van der Waals surface area contributed by atoms with E-state index in [1.807, 2.05) is 0 Å². The summed E-state index contributed by atoms with van der Waals surface area (Å²) in [4.78, 5) is 21.3. The van der Waals surface area contributed by atoms with Gasteiger partial charge in [-0.15, -0.1) is 44.2 Å². The summed E-state index contributed by atoms with van der Waals surface area (Å²) < 4.78 is 0. The van der Waals surface area contributed by atoms with Crippen LogP contribution in [0.25, 0.3) is 0 Å². The van der Waals surface area contributed by atoms with Gasteiger partial charge in [-0.1, -0.05) is 0 Å². The molecule has 10 heteroatoms. The van der Waals surface area contributed by atoms with Crippen LogP contribution < -0.4 is 0 Å². The van der Waals surface area contributed by atoms with Crippen molar-refractivity contribution in [2.24, 2.45) is 0 Å². The second-order valence-corrected chi connectivity index (χ2v) is 0.879. The third-order valence-electron chi connectivity index (χ3n) is 0.235. The van der Waals surface area contributed by atoms with E-state index >= 15 is 0 Å². The minimum absolute atomic E-state index is 0. The molecule has 0 bridgehead atoms. The Kier molecular flexibility index (Phi) is 51.2. The molecule has 0 aliphatic rings. The van der Waals surface area contributed by atoms with Crippen molar-refractivity contribution in [1.82, 2.24) is 0 Å². The summed E-state index contributed by atoms with van der Waals surface area (Å²) in [7, 11) is 0. The molecular weight excluding hydrogens is 376 g/mol. The van der Waals surface area contributed by atoms with Crippen molar-refractivity contribution in [2.75, 3.05) is 6.61 Å². The fourth-order valence-electron chi connectivity index (χ4n) is 0.105. The molecule has 0 aromatic rings. The van der Waals surface area contributed by atoms with Crippen LogP contribution in [0.5, 0.6) is 0 Å². The largest absolute Gasteiger partial charge is 0.358 e. The van der Waals surface area contributed by atoms with E-state index in [0.717, 1.165) is 0 Å². The van der Waals surface area contributed by atoms with Crippen LogP contribution >= 0.6 is 24.0 Å². The first-order chi connectivity index (χ1) is 4.50. The maximum Gasteiger partial charge on any atom is 0.294 e. The van der Waals surface area contributed by atoms with Crippen LogP contribution in [-0.4, -0.2) is 22.0 Å². The van der Waals surface area contributed by atoms with E-state index < -0.39 is 10.2 Å². The molecule has 0 fully saturated rings. The minimum Gasteiger partial charge on any atom is -0.358 e. The van der Waals surface area contributed by atoms with Gasteiger partial charge in [-0.2, -0.15) is 0 Å². The van der Waals surface area contributed by atoms with Gasteiger partial charge in [0.05, 0.1) is 6.61 Å². The average Bonchev–Trinajstić information content (AvgIpc) is 1.62. The Labute approximate surface area is 117 Å². The molecule has 0 saturated heterocycles. The van der Waals surface area contributed by atoms with Gasteiger partial charge >= 0.3 is 0 Å². The molecule has 0 aromatic heterocycles. The van der Waals surface area contributed by atoms with Gasteiger partial charge in [-0.25, -0.2) is 0 Å². The Morgan fingerprint density at radius 1 is 1.38 bits per heavy atom. The Balaban J connectivity index is -0.0000000279. The first kappa shape index (κ1) is 29.2. The van der Waals surface area contributed by atoms with Gasteiger partial charge in [-0.05, 0) is 6.92 Å². The van der Waals surface area contributed by atoms with Crippen molar-refractivity contribution in [3.8, 4) is 0 Å². The molecule has 0 aliphatic carbocycles. The standard InChI is InChI=1S/C2H5NO3.CH3.HI.HNO3.Y/c1-2-6-3(4)5;;;2-1(3)4;/h2H2,1H3;1H3;1H;(H,2,3,4);/q;-1;;;. The zero-order chi connectivity index (χ0) is 8.57. The summed E-state index contributed by atoms with van der Waals surface area (Å²) in [6.45, 7) is 1.69. The second-order valence-electron chi connectivity index (χ2n) is 0.879. The van der Waals surface area contributed by atoms with Gasteiger partial charge in [-0.3, -0.25) is 0 Å². The van der Waals surface area contributed by atoms with Crippen LogP contribution in [0.2, 0.25) is 0 Å². The van der Waals surface area contributed by atoms with E-state index in [2.05, 4.69) is 4.84 Å². The summed E-state index contributed by atoms with van der Waals surface area (Å²) >= 11 is 0. The van der Waals surface area contributed by atoms with Crippen LogP contribution in [0, 0.1) is 27.7 Å². The number of hydrogen-bond donors (Lipinski definition) is 1. The zero-order valence-electron chi connectivity index (χ0n) is 7.08.